The van der Waals surface area contributed by atoms with Crippen molar-refractivity contribution in [3.05, 3.63) is 56.7 Å². The molecule has 1 aromatic carbocycles. The van der Waals surface area contributed by atoms with Crippen LogP contribution in [-0.2, 0) is 9.59 Å². The Labute approximate surface area is 175 Å². The summed E-state index contributed by atoms with van der Waals surface area (Å²) in [5, 5.41) is 20.0. The quantitative estimate of drug-likeness (QED) is 0.299. The zero-order valence-corrected chi connectivity index (χ0v) is 16.9. The Balaban J connectivity index is 1.80. The van der Waals surface area contributed by atoms with Gasteiger partial charge in [0.25, 0.3) is 11.6 Å². The van der Waals surface area contributed by atoms with Crippen LogP contribution in [0.25, 0.3) is 17.4 Å². The van der Waals surface area contributed by atoms with E-state index in [-0.39, 0.29) is 24.6 Å². The molecule has 8 nitrogen and oxygen atoms in total. The minimum Gasteiger partial charge on any atom is -0.481 e. The van der Waals surface area contributed by atoms with Gasteiger partial charge in [-0.25, -0.2) is 0 Å². The number of carbonyl (C=O) groups excluding carboxylic acids is 1. The van der Waals surface area contributed by atoms with Gasteiger partial charge in [0, 0.05) is 25.1 Å². The highest BCUT2D eigenvalue weighted by molar-refractivity contribution is 8.26. The van der Waals surface area contributed by atoms with Crippen LogP contribution in [0.2, 0.25) is 0 Å². The van der Waals surface area contributed by atoms with Gasteiger partial charge in [0.05, 0.1) is 15.4 Å². The number of carboxylic acid groups (broad SMARTS) is 1. The summed E-state index contributed by atoms with van der Waals surface area (Å²) >= 11 is 6.31. The Morgan fingerprint density at radius 3 is 2.83 bits per heavy atom. The molecule has 150 valence electrons. The van der Waals surface area contributed by atoms with E-state index in [2.05, 4.69) is 0 Å². The Hall–Kier alpha value is -2.98. The Kier molecular flexibility index (Phi) is 6.14. The van der Waals surface area contributed by atoms with Crippen LogP contribution in [0, 0.1) is 17.0 Å². The smallest absolute Gasteiger partial charge is 0.303 e. The van der Waals surface area contributed by atoms with Crippen molar-refractivity contribution < 1.29 is 24.0 Å². The number of aryl methyl sites for hydroxylation is 1. The van der Waals surface area contributed by atoms with Gasteiger partial charge >= 0.3 is 5.97 Å². The second-order valence-electron chi connectivity index (χ2n) is 6.31. The molecular formula is C19H16N2O6S2. The molecule has 1 fully saturated rings. The summed E-state index contributed by atoms with van der Waals surface area (Å²) in [6.07, 6.45) is 1.78. The number of furan rings is 1. The van der Waals surface area contributed by atoms with Crippen LogP contribution >= 0.6 is 24.0 Å². The third-order valence-electron chi connectivity index (χ3n) is 4.16. The van der Waals surface area contributed by atoms with Crippen LogP contribution in [0.5, 0.6) is 0 Å². The summed E-state index contributed by atoms with van der Waals surface area (Å²) in [6, 6.07) is 8.08. The molecule has 1 N–H and O–H groups in total. The van der Waals surface area contributed by atoms with Crippen LogP contribution in [-0.4, -0.2) is 37.7 Å². The zero-order chi connectivity index (χ0) is 21.1. The predicted octanol–water partition coefficient (Wildman–Crippen LogP) is 4.23. The van der Waals surface area contributed by atoms with Gasteiger partial charge in [0.15, 0.2) is 0 Å². The van der Waals surface area contributed by atoms with Crippen molar-refractivity contribution >= 4 is 51.9 Å². The van der Waals surface area contributed by atoms with Gasteiger partial charge < -0.3 is 9.52 Å². The molecule has 2 heterocycles. The first kappa shape index (κ1) is 20.7. The molecule has 0 spiro atoms. The fraction of sp³-hybridized carbons (Fsp3) is 0.211. The maximum absolute atomic E-state index is 12.5. The number of benzene rings is 1. The van der Waals surface area contributed by atoms with Crippen molar-refractivity contribution in [2.24, 2.45) is 0 Å². The number of nitro benzene ring substituents is 1. The monoisotopic (exact) mass is 432 g/mol. The maximum atomic E-state index is 12.5. The molecule has 1 aliphatic rings. The highest BCUT2D eigenvalue weighted by Crippen LogP contribution is 2.35. The molecular weight excluding hydrogens is 416 g/mol. The molecule has 0 atom stereocenters. The molecule has 0 aliphatic carbocycles. The Morgan fingerprint density at radius 1 is 1.38 bits per heavy atom. The first-order valence-corrected chi connectivity index (χ1v) is 9.81. The number of thiocarbonyl (C=S) groups is 1. The molecule has 1 amide bonds. The van der Waals surface area contributed by atoms with E-state index in [9.17, 15) is 19.7 Å². The molecule has 3 rings (SSSR count). The van der Waals surface area contributed by atoms with E-state index in [1.165, 1.54) is 17.0 Å². The summed E-state index contributed by atoms with van der Waals surface area (Å²) in [6.45, 7) is 2.00. The fourth-order valence-electron chi connectivity index (χ4n) is 2.79. The number of hydrogen-bond acceptors (Lipinski definition) is 7. The summed E-state index contributed by atoms with van der Waals surface area (Å²) < 4.78 is 6.06. The highest BCUT2D eigenvalue weighted by Gasteiger charge is 2.32. The third kappa shape index (κ3) is 4.72. The van der Waals surface area contributed by atoms with Gasteiger partial charge in [-0.2, -0.15) is 0 Å². The highest BCUT2D eigenvalue weighted by atomic mass is 32.2. The molecule has 1 aliphatic heterocycles. The van der Waals surface area contributed by atoms with Gasteiger partial charge in [-0.15, -0.1) is 0 Å². The number of rotatable bonds is 7. The number of nitrogens with zero attached hydrogens (tertiary/aromatic N) is 2. The van der Waals surface area contributed by atoms with Gasteiger partial charge in [-0.3, -0.25) is 24.6 Å². The van der Waals surface area contributed by atoms with Crippen molar-refractivity contribution in [3.63, 3.8) is 0 Å². The average molecular weight is 432 g/mol. The van der Waals surface area contributed by atoms with Gasteiger partial charge in [-0.05, 0) is 37.1 Å². The number of hydrogen-bond donors (Lipinski definition) is 1. The lowest BCUT2D eigenvalue weighted by Crippen LogP contribution is -2.29. The standard InChI is InChI=1S/C19H16N2O6S2/c1-11-4-6-13(14(9-11)21(25)26)15-7-5-12(27-15)10-16-18(24)20(19(28)29-16)8-2-3-17(22)23/h4-7,9-10H,2-3,8H2,1H3,(H,22,23)/b16-10+. The lowest BCUT2D eigenvalue weighted by atomic mass is 10.1. The van der Waals surface area contributed by atoms with Crippen LogP contribution in [0.15, 0.2) is 39.7 Å². The van der Waals surface area contributed by atoms with E-state index in [4.69, 9.17) is 21.7 Å². The molecule has 1 saturated heterocycles. The van der Waals surface area contributed by atoms with Crippen LogP contribution < -0.4 is 0 Å². The molecule has 2 aromatic rings. The summed E-state index contributed by atoms with van der Waals surface area (Å²) in [5.41, 5.74) is 1.05. The van der Waals surface area contributed by atoms with Gasteiger partial charge in [0.2, 0.25) is 0 Å². The van der Waals surface area contributed by atoms with Crippen LogP contribution in [0.1, 0.15) is 24.2 Å². The normalized spacial score (nSPS) is 15.3. The van der Waals surface area contributed by atoms with E-state index in [1.807, 2.05) is 0 Å². The first-order valence-electron chi connectivity index (χ1n) is 8.58. The Morgan fingerprint density at radius 2 is 2.14 bits per heavy atom. The van der Waals surface area contributed by atoms with Crippen LogP contribution in [0.4, 0.5) is 5.69 Å². The zero-order valence-electron chi connectivity index (χ0n) is 15.3. The summed E-state index contributed by atoms with van der Waals surface area (Å²) in [5.74, 6) is -0.565. The van der Waals surface area contributed by atoms with E-state index < -0.39 is 10.9 Å². The van der Waals surface area contributed by atoms with Gasteiger partial charge in [0.1, 0.15) is 15.8 Å². The lowest BCUT2D eigenvalue weighted by Gasteiger charge is -2.13. The maximum Gasteiger partial charge on any atom is 0.303 e. The van der Waals surface area contributed by atoms with Crippen molar-refractivity contribution in [2.45, 2.75) is 19.8 Å². The lowest BCUT2D eigenvalue weighted by molar-refractivity contribution is -0.384. The van der Waals surface area contributed by atoms with Crippen molar-refractivity contribution in [2.75, 3.05) is 6.54 Å². The summed E-state index contributed by atoms with van der Waals surface area (Å²) in [4.78, 5) is 35.7. The third-order valence-corrected chi connectivity index (χ3v) is 5.54. The molecule has 0 saturated carbocycles. The van der Waals surface area contributed by atoms with E-state index in [1.54, 1.807) is 31.2 Å². The molecule has 29 heavy (non-hydrogen) atoms. The number of amides is 1. The largest absolute Gasteiger partial charge is 0.481 e. The minimum absolute atomic E-state index is 0.0486. The number of carbonyl (C=O) groups is 2. The van der Waals surface area contributed by atoms with Crippen molar-refractivity contribution in [3.8, 4) is 11.3 Å². The molecule has 0 unspecified atom stereocenters. The topological polar surface area (TPSA) is 114 Å². The minimum atomic E-state index is -0.931. The number of carboxylic acids is 1. The molecule has 10 heteroatoms. The van der Waals surface area contributed by atoms with E-state index in [0.717, 1.165) is 17.3 Å². The number of nitro groups is 1. The van der Waals surface area contributed by atoms with E-state index in [0.29, 0.717) is 32.7 Å². The van der Waals surface area contributed by atoms with Crippen LogP contribution in [0.3, 0.4) is 0 Å². The second kappa shape index (κ2) is 8.58. The average Bonchev–Trinajstić information content (AvgIpc) is 3.21. The number of thioether (sulfide) groups is 1. The molecule has 1 aromatic heterocycles. The molecule has 0 radical (unpaired) electrons. The van der Waals surface area contributed by atoms with Crippen molar-refractivity contribution in [1.29, 1.82) is 0 Å². The van der Waals surface area contributed by atoms with E-state index >= 15 is 0 Å². The SMILES string of the molecule is Cc1ccc(-c2ccc(/C=C3/SC(=S)N(CCCC(=O)O)C3=O)o2)c([N+](=O)[O-])c1. The predicted molar refractivity (Wildman–Crippen MR) is 112 cm³/mol. The number of aliphatic carboxylic acids is 1. The van der Waals surface area contributed by atoms with Crippen molar-refractivity contribution in [1.82, 2.24) is 4.90 Å². The van der Waals surface area contributed by atoms with Gasteiger partial charge in [-0.1, -0.05) is 30.0 Å². The summed E-state index contributed by atoms with van der Waals surface area (Å²) in [7, 11) is 0. The Bertz CT molecular complexity index is 1040. The first-order chi connectivity index (χ1) is 13.8. The fourth-order valence-corrected chi connectivity index (χ4v) is 4.08. The molecule has 0 bridgehead atoms. The second-order valence-corrected chi connectivity index (χ2v) is 7.99.